The lowest BCUT2D eigenvalue weighted by molar-refractivity contribution is -0.384. The number of likely N-dealkylation sites (N-methyl/N-ethyl adjacent to an activating group) is 1. The minimum Gasteiger partial charge on any atom is -0.356 e. The van der Waals surface area contributed by atoms with E-state index in [0.717, 1.165) is 37.4 Å². The molecule has 2 heterocycles. The Morgan fingerprint density at radius 1 is 1.03 bits per heavy atom. The highest BCUT2D eigenvalue weighted by atomic mass is 16.6. The number of piperazine rings is 1. The first kappa shape index (κ1) is 18.8. The molecule has 0 radical (unpaired) electrons. The number of rotatable bonds is 5. The molecule has 0 N–H and O–H groups in total. The van der Waals surface area contributed by atoms with Crippen molar-refractivity contribution in [2.24, 2.45) is 10.3 Å². The fourth-order valence-corrected chi connectivity index (χ4v) is 3.02. The Labute approximate surface area is 167 Å². The van der Waals surface area contributed by atoms with Crippen molar-refractivity contribution in [2.45, 2.75) is 0 Å². The molecule has 29 heavy (non-hydrogen) atoms. The van der Waals surface area contributed by atoms with Crippen LogP contribution in [0.15, 0.2) is 69.5 Å². The molecule has 4 rings (SSSR count). The molecule has 148 valence electrons. The van der Waals surface area contributed by atoms with Crippen molar-refractivity contribution in [3.63, 3.8) is 0 Å². The SMILES string of the molecule is CN1CCN(N=Nc2ccc(-c3cc(-c4cccc([N+](=O)[O-])c4)on3)cc2)CC1. The normalized spacial score (nSPS) is 15.1. The first-order valence-corrected chi connectivity index (χ1v) is 9.25. The van der Waals surface area contributed by atoms with Gasteiger partial charge in [0, 0.05) is 42.4 Å². The number of hydrogen-bond acceptors (Lipinski definition) is 7. The van der Waals surface area contributed by atoms with Crippen LogP contribution in [0.3, 0.4) is 0 Å². The van der Waals surface area contributed by atoms with Gasteiger partial charge in [-0.2, -0.15) is 0 Å². The first-order chi connectivity index (χ1) is 14.1. The average Bonchev–Trinajstić information content (AvgIpc) is 3.24. The molecule has 0 amide bonds. The zero-order valence-electron chi connectivity index (χ0n) is 15.9. The average molecular weight is 392 g/mol. The summed E-state index contributed by atoms with van der Waals surface area (Å²) < 4.78 is 5.38. The molecule has 0 saturated carbocycles. The summed E-state index contributed by atoms with van der Waals surface area (Å²) in [6.45, 7) is 3.71. The highest BCUT2D eigenvalue weighted by Gasteiger charge is 2.13. The summed E-state index contributed by atoms with van der Waals surface area (Å²) in [5.74, 6) is 0.475. The Morgan fingerprint density at radius 2 is 1.79 bits per heavy atom. The lowest BCUT2D eigenvalue weighted by Gasteiger charge is -2.29. The van der Waals surface area contributed by atoms with Gasteiger partial charge in [0.05, 0.1) is 23.7 Å². The predicted octanol–water partition coefficient (Wildman–Crippen LogP) is 4.16. The molecule has 0 unspecified atom stereocenters. The van der Waals surface area contributed by atoms with E-state index >= 15 is 0 Å². The minimum atomic E-state index is -0.434. The minimum absolute atomic E-state index is 0.00974. The van der Waals surface area contributed by atoms with Crippen LogP contribution in [0.4, 0.5) is 11.4 Å². The Kier molecular flexibility index (Phi) is 5.30. The van der Waals surface area contributed by atoms with Gasteiger partial charge in [-0.1, -0.05) is 34.6 Å². The molecule has 2 aromatic carbocycles. The molecule has 9 heteroatoms. The van der Waals surface area contributed by atoms with Gasteiger partial charge in [-0.3, -0.25) is 15.1 Å². The summed E-state index contributed by atoms with van der Waals surface area (Å²) in [7, 11) is 2.10. The van der Waals surface area contributed by atoms with Crippen molar-refractivity contribution < 1.29 is 9.45 Å². The molecule has 0 bridgehead atoms. The molecule has 1 fully saturated rings. The lowest BCUT2D eigenvalue weighted by Crippen LogP contribution is -2.41. The van der Waals surface area contributed by atoms with Crippen LogP contribution in [-0.4, -0.2) is 53.2 Å². The molecule has 1 saturated heterocycles. The molecule has 3 aromatic rings. The monoisotopic (exact) mass is 392 g/mol. The van der Waals surface area contributed by atoms with Crippen molar-refractivity contribution in [1.82, 2.24) is 15.1 Å². The van der Waals surface area contributed by atoms with E-state index in [2.05, 4.69) is 27.4 Å². The maximum absolute atomic E-state index is 10.9. The number of non-ortho nitro benzene ring substituents is 1. The Bertz CT molecular complexity index is 1020. The van der Waals surface area contributed by atoms with Gasteiger partial charge < -0.3 is 9.42 Å². The maximum atomic E-state index is 10.9. The third kappa shape index (κ3) is 4.46. The molecule has 1 aliphatic heterocycles. The van der Waals surface area contributed by atoms with E-state index in [1.807, 2.05) is 29.3 Å². The van der Waals surface area contributed by atoms with E-state index in [4.69, 9.17) is 4.52 Å². The standard InChI is InChI=1S/C20H20N6O3/c1-24-9-11-25(12-10-24)23-21-17-7-5-15(6-8-17)19-14-20(29-22-19)16-3-2-4-18(13-16)26(27)28/h2-8,13-14H,9-12H2,1H3. The van der Waals surface area contributed by atoms with Crippen molar-refractivity contribution in [3.8, 4) is 22.6 Å². The number of nitro benzene ring substituents is 1. The van der Waals surface area contributed by atoms with Crippen molar-refractivity contribution >= 4 is 11.4 Å². The Balaban J connectivity index is 1.46. The van der Waals surface area contributed by atoms with Gasteiger partial charge in [0.25, 0.3) is 5.69 Å². The molecular weight excluding hydrogens is 372 g/mol. The maximum Gasteiger partial charge on any atom is 0.270 e. The number of nitro groups is 1. The smallest absolute Gasteiger partial charge is 0.270 e. The van der Waals surface area contributed by atoms with Gasteiger partial charge in [0.2, 0.25) is 0 Å². The van der Waals surface area contributed by atoms with Crippen LogP contribution >= 0.6 is 0 Å². The van der Waals surface area contributed by atoms with E-state index in [0.29, 0.717) is 17.0 Å². The van der Waals surface area contributed by atoms with Gasteiger partial charge in [-0.25, -0.2) is 0 Å². The second-order valence-corrected chi connectivity index (χ2v) is 6.88. The third-order valence-electron chi connectivity index (χ3n) is 4.78. The van der Waals surface area contributed by atoms with E-state index in [9.17, 15) is 10.1 Å². The van der Waals surface area contributed by atoms with E-state index in [1.165, 1.54) is 12.1 Å². The Hall–Kier alpha value is -3.59. The van der Waals surface area contributed by atoms with Crippen LogP contribution in [0.5, 0.6) is 0 Å². The molecule has 1 aliphatic rings. The number of hydrogen-bond donors (Lipinski definition) is 0. The summed E-state index contributed by atoms with van der Waals surface area (Å²) in [6, 6.07) is 15.6. The summed E-state index contributed by atoms with van der Waals surface area (Å²) in [5.41, 5.74) is 2.89. The molecule has 0 atom stereocenters. The van der Waals surface area contributed by atoms with Crippen molar-refractivity contribution in [1.29, 1.82) is 0 Å². The van der Waals surface area contributed by atoms with Gasteiger partial charge >= 0.3 is 0 Å². The highest BCUT2D eigenvalue weighted by molar-refractivity contribution is 5.68. The van der Waals surface area contributed by atoms with Gasteiger partial charge in [-0.15, -0.1) is 5.11 Å². The molecule has 9 nitrogen and oxygen atoms in total. The second-order valence-electron chi connectivity index (χ2n) is 6.88. The van der Waals surface area contributed by atoms with Crippen molar-refractivity contribution in [2.75, 3.05) is 33.2 Å². The molecule has 1 aromatic heterocycles. The van der Waals surface area contributed by atoms with E-state index in [-0.39, 0.29) is 5.69 Å². The Morgan fingerprint density at radius 3 is 2.52 bits per heavy atom. The molecular formula is C20H20N6O3. The van der Waals surface area contributed by atoms with Crippen LogP contribution < -0.4 is 0 Å². The fraction of sp³-hybridized carbons (Fsp3) is 0.250. The summed E-state index contributed by atoms with van der Waals surface area (Å²) in [5, 5.41) is 25.6. The van der Waals surface area contributed by atoms with E-state index < -0.39 is 4.92 Å². The third-order valence-corrected chi connectivity index (χ3v) is 4.78. The van der Waals surface area contributed by atoms with Gasteiger partial charge in [0.15, 0.2) is 5.76 Å². The summed E-state index contributed by atoms with van der Waals surface area (Å²) in [4.78, 5) is 12.8. The molecule has 0 aliphatic carbocycles. The molecule has 0 spiro atoms. The van der Waals surface area contributed by atoms with E-state index in [1.54, 1.807) is 18.2 Å². The lowest BCUT2D eigenvalue weighted by atomic mass is 10.1. The van der Waals surface area contributed by atoms with Crippen LogP contribution in [0.25, 0.3) is 22.6 Å². The zero-order valence-corrected chi connectivity index (χ0v) is 15.9. The van der Waals surface area contributed by atoms with Crippen LogP contribution in [0.2, 0.25) is 0 Å². The van der Waals surface area contributed by atoms with Crippen LogP contribution in [0, 0.1) is 10.1 Å². The predicted molar refractivity (Wildman–Crippen MR) is 108 cm³/mol. The number of nitrogens with zero attached hydrogens (tertiary/aromatic N) is 6. The topological polar surface area (TPSA) is 100 Å². The van der Waals surface area contributed by atoms with Crippen molar-refractivity contribution in [3.05, 3.63) is 64.7 Å². The highest BCUT2D eigenvalue weighted by Crippen LogP contribution is 2.29. The second kappa shape index (κ2) is 8.19. The van der Waals surface area contributed by atoms with Gasteiger partial charge in [-0.05, 0) is 19.2 Å². The fourth-order valence-electron chi connectivity index (χ4n) is 3.02. The van der Waals surface area contributed by atoms with Gasteiger partial charge in [0.1, 0.15) is 5.69 Å². The first-order valence-electron chi connectivity index (χ1n) is 9.25. The largest absolute Gasteiger partial charge is 0.356 e. The number of benzene rings is 2. The number of aromatic nitrogens is 1. The summed E-state index contributed by atoms with van der Waals surface area (Å²) >= 11 is 0. The zero-order chi connectivity index (χ0) is 20.2. The summed E-state index contributed by atoms with van der Waals surface area (Å²) in [6.07, 6.45) is 0. The quantitative estimate of drug-likeness (QED) is 0.367. The van der Waals surface area contributed by atoms with Crippen LogP contribution in [-0.2, 0) is 0 Å². The van der Waals surface area contributed by atoms with Crippen LogP contribution in [0.1, 0.15) is 0 Å².